The van der Waals surface area contributed by atoms with Crippen LogP contribution in [0.2, 0.25) is 0 Å². The molecule has 102 valence electrons. The number of hydrogen-bond donors (Lipinski definition) is 3. The number of hydrogen-bond acceptors (Lipinski definition) is 4. The van der Waals surface area contributed by atoms with E-state index < -0.39 is 11.5 Å². The van der Waals surface area contributed by atoms with Crippen molar-refractivity contribution < 1.29 is 19.4 Å². The van der Waals surface area contributed by atoms with Gasteiger partial charge < -0.3 is 20.9 Å². The van der Waals surface area contributed by atoms with Gasteiger partial charge in [0.15, 0.2) is 0 Å². The van der Waals surface area contributed by atoms with E-state index in [1.54, 1.807) is 0 Å². The molecule has 1 aliphatic heterocycles. The van der Waals surface area contributed by atoms with Crippen molar-refractivity contribution in [3.8, 4) is 0 Å². The second kappa shape index (κ2) is 5.28. The zero-order valence-corrected chi connectivity index (χ0v) is 11.6. The van der Waals surface area contributed by atoms with Gasteiger partial charge in [-0.15, -0.1) is 0 Å². The van der Waals surface area contributed by atoms with Crippen molar-refractivity contribution in [2.75, 3.05) is 18.5 Å². The predicted octanol–water partition coefficient (Wildman–Crippen LogP) is 1.20. The van der Waals surface area contributed by atoms with Crippen molar-refractivity contribution in [3.05, 3.63) is 28.2 Å². The molecule has 2 rings (SSSR count). The minimum absolute atomic E-state index is 0.136. The number of ether oxygens (including phenoxy) is 1. The summed E-state index contributed by atoms with van der Waals surface area (Å²) in [5.41, 5.74) is 5.52. The first-order valence-corrected chi connectivity index (χ1v) is 6.43. The summed E-state index contributed by atoms with van der Waals surface area (Å²) in [6.45, 7) is 0.646. The standard InChI is InChI=1S/C12H13BrN2O4/c13-8-5-7(10(16)17)1-2-9(8)15-11(18)12(14)3-4-19-6-12/h1-2,5H,3-4,6,14H2,(H,15,18)(H,16,17). The number of halogens is 1. The fourth-order valence-corrected chi connectivity index (χ4v) is 2.23. The van der Waals surface area contributed by atoms with Crippen LogP contribution >= 0.6 is 15.9 Å². The molecule has 1 aromatic carbocycles. The highest BCUT2D eigenvalue weighted by Crippen LogP contribution is 2.25. The van der Waals surface area contributed by atoms with E-state index in [-0.39, 0.29) is 18.1 Å². The third-order valence-corrected chi connectivity index (χ3v) is 3.62. The maximum Gasteiger partial charge on any atom is 0.335 e. The first-order valence-electron chi connectivity index (χ1n) is 5.63. The predicted molar refractivity (Wildman–Crippen MR) is 72.1 cm³/mol. The number of nitrogens with two attached hydrogens (primary N) is 1. The largest absolute Gasteiger partial charge is 0.478 e. The molecule has 0 spiro atoms. The zero-order chi connectivity index (χ0) is 14.0. The highest BCUT2D eigenvalue weighted by molar-refractivity contribution is 9.10. The molecule has 19 heavy (non-hydrogen) atoms. The van der Waals surface area contributed by atoms with Crippen LogP contribution in [0.4, 0.5) is 5.69 Å². The molecule has 1 amide bonds. The van der Waals surface area contributed by atoms with E-state index in [0.29, 0.717) is 23.2 Å². The summed E-state index contributed by atoms with van der Waals surface area (Å²) in [5, 5.41) is 11.5. The van der Waals surface area contributed by atoms with Gasteiger partial charge in [-0.05, 0) is 40.5 Å². The summed E-state index contributed by atoms with van der Waals surface area (Å²) >= 11 is 3.22. The molecule has 0 radical (unpaired) electrons. The summed E-state index contributed by atoms with van der Waals surface area (Å²) in [4.78, 5) is 22.9. The third kappa shape index (κ3) is 2.94. The fraction of sp³-hybridized carbons (Fsp3) is 0.333. The van der Waals surface area contributed by atoms with E-state index in [0.717, 1.165) is 0 Å². The summed E-state index contributed by atoms with van der Waals surface area (Å²) in [6, 6.07) is 4.36. The quantitative estimate of drug-likeness (QED) is 0.773. The van der Waals surface area contributed by atoms with Crippen LogP contribution in [0.3, 0.4) is 0 Å². The summed E-state index contributed by atoms with van der Waals surface area (Å²) in [6.07, 6.45) is 0.462. The van der Waals surface area contributed by atoms with Crippen molar-refractivity contribution in [2.45, 2.75) is 12.0 Å². The number of benzene rings is 1. The second-order valence-electron chi connectivity index (χ2n) is 4.41. The number of nitrogens with one attached hydrogen (secondary N) is 1. The lowest BCUT2D eigenvalue weighted by molar-refractivity contribution is -0.121. The molecule has 7 heteroatoms. The van der Waals surface area contributed by atoms with Crippen molar-refractivity contribution in [2.24, 2.45) is 5.73 Å². The van der Waals surface area contributed by atoms with Crippen LogP contribution in [0.15, 0.2) is 22.7 Å². The molecule has 0 aliphatic carbocycles. The molecule has 0 saturated carbocycles. The van der Waals surface area contributed by atoms with Crippen LogP contribution in [-0.4, -0.2) is 35.7 Å². The zero-order valence-electron chi connectivity index (χ0n) is 9.98. The van der Waals surface area contributed by atoms with E-state index in [1.807, 2.05) is 0 Å². The Bertz CT molecular complexity index is 526. The Hall–Kier alpha value is -1.44. The van der Waals surface area contributed by atoms with Gasteiger partial charge in [0.05, 0.1) is 17.9 Å². The SMILES string of the molecule is NC1(C(=O)Nc2ccc(C(=O)O)cc2Br)CCOC1. The van der Waals surface area contributed by atoms with Gasteiger partial charge in [-0.3, -0.25) is 4.79 Å². The van der Waals surface area contributed by atoms with Crippen molar-refractivity contribution in [3.63, 3.8) is 0 Å². The summed E-state index contributed by atoms with van der Waals surface area (Å²) < 4.78 is 5.61. The molecule has 1 saturated heterocycles. The van der Waals surface area contributed by atoms with Crippen molar-refractivity contribution in [1.29, 1.82) is 0 Å². The van der Waals surface area contributed by atoms with E-state index in [9.17, 15) is 9.59 Å². The number of carbonyl (C=O) groups is 2. The van der Waals surface area contributed by atoms with Gasteiger partial charge >= 0.3 is 5.97 Å². The van der Waals surface area contributed by atoms with Gasteiger partial charge in [0.1, 0.15) is 5.54 Å². The van der Waals surface area contributed by atoms with Crippen molar-refractivity contribution in [1.82, 2.24) is 0 Å². The van der Waals surface area contributed by atoms with Gasteiger partial charge in [-0.2, -0.15) is 0 Å². The molecule has 1 atom stereocenters. The molecule has 0 bridgehead atoms. The maximum absolute atomic E-state index is 12.1. The number of rotatable bonds is 3. The molecular formula is C12H13BrN2O4. The number of carboxylic acid groups (broad SMARTS) is 1. The van der Waals surface area contributed by atoms with Gasteiger partial charge in [0.25, 0.3) is 0 Å². The van der Waals surface area contributed by atoms with Crippen LogP contribution < -0.4 is 11.1 Å². The molecule has 1 unspecified atom stereocenters. The Morgan fingerprint density at radius 2 is 2.21 bits per heavy atom. The van der Waals surface area contributed by atoms with Crippen LogP contribution in [0.1, 0.15) is 16.8 Å². The first kappa shape index (κ1) is 14.0. The monoisotopic (exact) mass is 328 g/mol. The van der Waals surface area contributed by atoms with E-state index in [1.165, 1.54) is 18.2 Å². The van der Waals surface area contributed by atoms with E-state index in [2.05, 4.69) is 21.2 Å². The molecule has 1 aromatic rings. The number of amides is 1. The Labute approximate surface area is 118 Å². The third-order valence-electron chi connectivity index (χ3n) is 2.97. The van der Waals surface area contributed by atoms with Crippen molar-refractivity contribution >= 4 is 33.5 Å². The highest BCUT2D eigenvalue weighted by atomic mass is 79.9. The number of aromatic carboxylic acids is 1. The molecular weight excluding hydrogens is 316 g/mol. The van der Waals surface area contributed by atoms with Crippen LogP contribution in [-0.2, 0) is 9.53 Å². The lowest BCUT2D eigenvalue weighted by Crippen LogP contribution is -2.51. The van der Waals surface area contributed by atoms with Gasteiger partial charge in [-0.25, -0.2) is 4.79 Å². The van der Waals surface area contributed by atoms with Gasteiger partial charge in [0, 0.05) is 11.1 Å². The smallest absolute Gasteiger partial charge is 0.335 e. The van der Waals surface area contributed by atoms with Gasteiger partial charge in [0.2, 0.25) is 5.91 Å². The van der Waals surface area contributed by atoms with E-state index in [4.69, 9.17) is 15.6 Å². The normalized spacial score (nSPS) is 22.2. The minimum Gasteiger partial charge on any atom is -0.478 e. The lowest BCUT2D eigenvalue weighted by Gasteiger charge is -2.21. The molecule has 1 aliphatic rings. The summed E-state index contributed by atoms with van der Waals surface area (Å²) in [7, 11) is 0. The Kier molecular flexibility index (Phi) is 3.88. The van der Waals surface area contributed by atoms with E-state index >= 15 is 0 Å². The molecule has 1 heterocycles. The lowest BCUT2D eigenvalue weighted by atomic mass is 9.99. The number of carbonyl (C=O) groups excluding carboxylic acids is 1. The maximum atomic E-state index is 12.1. The van der Waals surface area contributed by atoms with Crippen LogP contribution in [0.25, 0.3) is 0 Å². The minimum atomic E-state index is -1.03. The topological polar surface area (TPSA) is 102 Å². The van der Waals surface area contributed by atoms with Crippen LogP contribution in [0, 0.1) is 0 Å². The molecule has 0 aromatic heterocycles. The number of anilines is 1. The molecule has 4 N–H and O–H groups in total. The highest BCUT2D eigenvalue weighted by Gasteiger charge is 2.38. The number of carboxylic acids is 1. The molecule has 1 fully saturated rings. The first-order chi connectivity index (χ1) is 8.92. The Morgan fingerprint density at radius 3 is 2.74 bits per heavy atom. The van der Waals surface area contributed by atoms with Gasteiger partial charge in [-0.1, -0.05) is 0 Å². The summed E-state index contributed by atoms with van der Waals surface area (Å²) in [5.74, 6) is -1.37. The Morgan fingerprint density at radius 1 is 1.47 bits per heavy atom. The average molecular weight is 329 g/mol. The molecule has 6 nitrogen and oxygen atoms in total. The second-order valence-corrected chi connectivity index (χ2v) is 5.27. The Balaban J connectivity index is 2.15. The average Bonchev–Trinajstić information content (AvgIpc) is 2.80. The van der Waals surface area contributed by atoms with Crippen LogP contribution in [0.5, 0.6) is 0 Å². The fourth-order valence-electron chi connectivity index (χ4n) is 1.76.